The molecule has 1 aliphatic heterocycles. The summed E-state index contributed by atoms with van der Waals surface area (Å²) in [7, 11) is 1.58. The molecule has 0 fully saturated rings. The summed E-state index contributed by atoms with van der Waals surface area (Å²) in [6.07, 6.45) is 0.693. The zero-order chi connectivity index (χ0) is 18.5. The van der Waals surface area contributed by atoms with Crippen LogP contribution in [-0.2, 0) is 16.0 Å². The molecule has 2 aromatic carbocycles. The number of aryl methyl sites for hydroxylation is 1. The predicted molar refractivity (Wildman–Crippen MR) is 94.1 cm³/mol. The largest absolute Gasteiger partial charge is 0.496 e. The maximum Gasteiger partial charge on any atom is 0.306 e. The van der Waals surface area contributed by atoms with Crippen LogP contribution in [0.5, 0.6) is 5.75 Å². The quantitative estimate of drug-likeness (QED) is 0.565. The Kier molecular flexibility index (Phi) is 5.31. The maximum atomic E-state index is 12.2. The Morgan fingerprint density at radius 1 is 0.962 bits per heavy atom. The lowest BCUT2D eigenvalue weighted by Crippen LogP contribution is -2.33. The summed E-state index contributed by atoms with van der Waals surface area (Å²) in [5.41, 5.74) is 1.70. The second kappa shape index (κ2) is 7.82. The van der Waals surface area contributed by atoms with Crippen LogP contribution in [0.15, 0.2) is 48.5 Å². The molecule has 0 aromatic heterocycles. The van der Waals surface area contributed by atoms with E-state index >= 15 is 0 Å². The van der Waals surface area contributed by atoms with E-state index in [0.717, 1.165) is 16.2 Å². The number of fused-ring (bicyclic) bond motifs is 1. The number of nitrogens with zero attached hydrogens (tertiary/aromatic N) is 1. The molecule has 0 atom stereocenters. The van der Waals surface area contributed by atoms with Crippen LogP contribution in [0, 0.1) is 0 Å². The predicted octanol–water partition coefficient (Wildman–Crippen LogP) is 2.47. The van der Waals surface area contributed by atoms with Gasteiger partial charge in [0.15, 0.2) is 0 Å². The maximum absolute atomic E-state index is 12.2. The Hall–Kier alpha value is -3.15. The molecule has 0 spiro atoms. The van der Waals surface area contributed by atoms with Gasteiger partial charge >= 0.3 is 5.97 Å². The van der Waals surface area contributed by atoms with E-state index in [1.165, 1.54) is 0 Å². The minimum atomic E-state index is -0.382. The number of carbonyl (C=O) groups excluding carboxylic acids is 3. The van der Waals surface area contributed by atoms with Gasteiger partial charge in [0.25, 0.3) is 11.8 Å². The summed E-state index contributed by atoms with van der Waals surface area (Å²) in [5.74, 6) is -0.356. The molecule has 1 aliphatic rings. The molecule has 1 heterocycles. The van der Waals surface area contributed by atoms with Crippen molar-refractivity contribution >= 4 is 17.8 Å². The molecule has 0 N–H and O–H groups in total. The van der Waals surface area contributed by atoms with Gasteiger partial charge in [0.2, 0.25) is 0 Å². The second-order valence-corrected chi connectivity index (χ2v) is 5.84. The second-order valence-electron chi connectivity index (χ2n) is 5.84. The van der Waals surface area contributed by atoms with Crippen molar-refractivity contribution < 1.29 is 23.9 Å². The third-order valence-electron chi connectivity index (χ3n) is 4.25. The van der Waals surface area contributed by atoms with Crippen molar-refractivity contribution in [2.45, 2.75) is 12.8 Å². The van der Waals surface area contributed by atoms with E-state index in [2.05, 4.69) is 0 Å². The number of esters is 1. The highest BCUT2D eigenvalue weighted by Gasteiger charge is 2.34. The van der Waals surface area contributed by atoms with Crippen molar-refractivity contribution in [3.63, 3.8) is 0 Å². The molecule has 0 unspecified atom stereocenters. The molecule has 0 radical (unpaired) electrons. The van der Waals surface area contributed by atoms with Crippen molar-refractivity contribution in [3.05, 3.63) is 65.2 Å². The van der Waals surface area contributed by atoms with E-state index in [-0.39, 0.29) is 37.4 Å². The highest BCUT2D eigenvalue weighted by molar-refractivity contribution is 6.21. The van der Waals surface area contributed by atoms with Crippen LogP contribution < -0.4 is 4.74 Å². The average Bonchev–Trinajstić information content (AvgIpc) is 2.91. The van der Waals surface area contributed by atoms with Gasteiger partial charge in [0, 0.05) is 6.42 Å². The minimum Gasteiger partial charge on any atom is -0.496 e. The lowest BCUT2D eigenvalue weighted by atomic mass is 10.1. The number of imide groups is 1. The number of carbonyl (C=O) groups is 3. The van der Waals surface area contributed by atoms with Gasteiger partial charge in [0.05, 0.1) is 24.8 Å². The van der Waals surface area contributed by atoms with Crippen molar-refractivity contribution in [1.82, 2.24) is 4.90 Å². The molecule has 0 aliphatic carbocycles. The Morgan fingerprint density at radius 2 is 1.58 bits per heavy atom. The first-order valence-corrected chi connectivity index (χ1v) is 8.34. The summed E-state index contributed by atoms with van der Waals surface area (Å²) in [5, 5.41) is 0. The molecule has 6 nitrogen and oxygen atoms in total. The van der Waals surface area contributed by atoms with E-state index in [1.807, 2.05) is 24.3 Å². The van der Waals surface area contributed by atoms with Crippen molar-refractivity contribution in [3.8, 4) is 5.75 Å². The number of hydrogen-bond acceptors (Lipinski definition) is 5. The summed E-state index contributed by atoms with van der Waals surface area (Å²) in [6, 6.07) is 14.1. The molecule has 2 amide bonds. The Bertz CT molecular complexity index is 811. The molecule has 3 rings (SSSR count). The highest BCUT2D eigenvalue weighted by atomic mass is 16.5. The highest BCUT2D eigenvalue weighted by Crippen LogP contribution is 2.22. The minimum absolute atomic E-state index is 0.0176. The fraction of sp³-hybridized carbons (Fsp3) is 0.250. The number of ether oxygens (including phenoxy) is 2. The zero-order valence-electron chi connectivity index (χ0n) is 14.4. The fourth-order valence-corrected chi connectivity index (χ4v) is 2.91. The van der Waals surface area contributed by atoms with Gasteiger partial charge < -0.3 is 9.47 Å². The van der Waals surface area contributed by atoms with Crippen molar-refractivity contribution in [2.24, 2.45) is 0 Å². The van der Waals surface area contributed by atoms with Gasteiger partial charge in [-0.15, -0.1) is 0 Å². The zero-order valence-corrected chi connectivity index (χ0v) is 14.4. The molecule has 0 saturated carbocycles. The number of amides is 2. The lowest BCUT2D eigenvalue weighted by Gasteiger charge is -2.14. The Labute approximate surface area is 151 Å². The van der Waals surface area contributed by atoms with Crippen molar-refractivity contribution in [1.29, 1.82) is 0 Å². The SMILES string of the molecule is COc1ccccc1CCC(=O)OCCN1C(=O)c2ccccc2C1=O. The van der Waals surface area contributed by atoms with Gasteiger partial charge in [-0.05, 0) is 30.2 Å². The smallest absolute Gasteiger partial charge is 0.306 e. The third kappa shape index (κ3) is 3.59. The van der Waals surface area contributed by atoms with Crippen LogP contribution in [0.2, 0.25) is 0 Å². The molecule has 134 valence electrons. The average molecular weight is 353 g/mol. The van der Waals surface area contributed by atoms with Crippen molar-refractivity contribution in [2.75, 3.05) is 20.3 Å². The molecular weight excluding hydrogens is 334 g/mol. The number of benzene rings is 2. The first kappa shape index (κ1) is 17.7. The number of rotatable bonds is 7. The molecule has 0 bridgehead atoms. The summed E-state index contributed by atoms with van der Waals surface area (Å²) >= 11 is 0. The van der Waals surface area contributed by atoms with Crippen LogP contribution >= 0.6 is 0 Å². The van der Waals surface area contributed by atoms with E-state index in [1.54, 1.807) is 31.4 Å². The van der Waals surface area contributed by atoms with Gasteiger partial charge in [0.1, 0.15) is 12.4 Å². The van der Waals surface area contributed by atoms with E-state index in [0.29, 0.717) is 17.5 Å². The number of methoxy groups -OCH3 is 1. The number of para-hydroxylation sites is 1. The first-order chi connectivity index (χ1) is 12.6. The molecular formula is C20H19NO5. The monoisotopic (exact) mass is 353 g/mol. The van der Waals surface area contributed by atoms with Crippen LogP contribution in [0.3, 0.4) is 0 Å². The van der Waals surface area contributed by atoms with Gasteiger partial charge in [-0.1, -0.05) is 30.3 Å². The Morgan fingerprint density at radius 3 is 2.23 bits per heavy atom. The molecule has 26 heavy (non-hydrogen) atoms. The van der Waals surface area contributed by atoms with Crippen LogP contribution in [-0.4, -0.2) is 42.9 Å². The number of hydrogen-bond donors (Lipinski definition) is 0. The third-order valence-corrected chi connectivity index (χ3v) is 4.25. The van der Waals surface area contributed by atoms with Gasteiger partial charge in [-0.3, -0.25) is 19.3 Å². The standard InChI is InChI=1S/C20H19NO5/c1-25-17-9-5-2-6-14(17)10-11-18(22)26-13-12-21-19(23)15-7-3-4-8-16(15)20(21)24/h2-9H,10-13H2,1H3. The normalized spacial score (nSPS) is 12.9. The van der Waals surface area contributed by atoms with Crippen LogP contribution in [0.25, 0.3) is 0 Å². The first-order valence-electron chi connectivity index (χ1n) is 8.34. The lowest BCUT2D eigenvalue weighted by molar-refractivity contribution is -0.143. The van der Waals surface area contributed by atoms with Crippen LogP contribution in [0.1, 0.15) is 32.7 Å². The topological polar surface area (TPSA) is 72.9 Å². The van der Waals surface area contributed by atoms with E-state index < -0.39 is 0 Å². The van der Waals surface area contributed by atoms with Gasteiger partial charge in [-0.2, -0.15) is 0 Å². The van der Waals surface area contributed by atoms with E-state index in [4.69, 9.17) is 9.47 Å². The molecule has 0 saturated heterocycles. The summed E-state index contributed by atoms with van der Waals surface area (Å²) in [4.78, 5) is 37.5. The van der Waals surface area contributed by atoms with E-state index in [9.17, 15) is 14.4 Å². The molecule has 2 aromatic rings. The summed E-state index contributed by atoms with van der Waals surface area (Å²) in [6.45, 7) is 0.0307. The summed E-state index contributed by atoms with van der Waals surface area (Å²) < 4.78 is 10.4. The molecule has 6 heteroatoms. The Balaban J connectivity index is 1.47. The van der Waals surface area contributed by atoms with Gasteiger partial charge in [-0.25, -0.2) is 0 Å². The van der Waals surface area contributed by atoms with Crippen LogP contribution in [0.4, 0.5) is 0 Å². The fourth-order valence-electron chi connectivity index (χ4n) is 2.91.